The van der Waals surface area contributed by atoms with Crippen LogP contribution < -0.4 is 10.6 Å². The van der Waals surface area contributed by atoms with Crippen molar-refractivity contribution in [3.63, 3.8) is 0 Å². The van der Waals surface area contributed by atoms with Gasteiger partial charge in [-0.25, -0.2) is 4.39 Å². The highest BCUT2D eigenvalue weighted by Crippen LogP contribution is 2.35. The number of carbonyl (C=O) groups is 1. The minimum Gasteiger partial charge on any atom is -0.369 e. The Morgan fingerprint density at radius 1 is 1.25 bits per heavy atom. The second-order valence-corrected chi connectivity index (χ2v) is 6.08. The minimum absolute atomic E-state index is 0.222. The zero-order valence-electron chi connectivity index (χ0n) is 10.1. The second-order valence-electron chi connectivity index (χ2n) is 4.42. The number of halogens is 3. The maximum atomic E-state index is 13.3. The summed E-state index contributed by atoms with van der Waals surface area (Å²) in [4.78, 5) is 12.0. The Morgan fingerprint density at radius 2 is 2.05 bits per heavy atom. The molecule has 6 heteroatoms. The number of nitrogens with one attached hydrogen (secondary N) is 2. The molecular weight excluding hydrogens is 394 g/mol. The van der Waals surface area contributed by atoms with Crippen molar-refractivity contribution in [3.8, 4) is 0 Å². The predicted octanol–water partition coefficient (Wildman–Crippen LogP) is 4.19. The molecule has 102 valence electrons. The Morgan fingerprint density at radius 3 is 2.80 bits per heavy atom. The van der Waals surface area contributed by atoms with Gasteiger partial charge in [0.15, 0.2) is 0 Å². The molecule has 1 amide bonds. The average Bonchev–Trinajstić information content (AvgIpc) is 2.69. The highest BCUT2D eigenvalue weighted by Gasteiger charge is 2.31. The first-order valence-electron chi connectivity index (χ1n) is 5.86. The molecule has 3 rings (SSSR count). The number of hydrogen-bond acceptors (Lipinski definition) is 2. The van der Waals surface area contributed by atoms with E-state index < -0.39 is 6.04 Å². The Balaban J connectivity index is 1.95. The molecule has 0 aromatic heterocycles. The largest absolute Gasteiger partial charge is 0.369 e. The summed E-state index contributed by atoms with van der Waals surface area (Å²) in [6, 6.07) is 9.07. The van der Waals surface area contributed by atoms with Gasteiger partial charge >= 0.3 is 0 Å². The molecule has 0 fully saturated rings. The normalized spacial score (nSPS) is 16.8. The molecule has 2 N–H and O–H groups in total. The summed E-state index contributed by atoms with van der Waals surface area (Å²) in [6.07, 6.45) is 0. The van der Waals surface area contributed by atoms with Gasteiger partial charge in [-0.3, -0.25) is 4.79 Å². The third-order valence-electron chi connectivity index (χ3n) is 3.08. The summed E-state index contributed by atoms with van der Waals surface area (Å²) in [5, 5.41) is 6.29. The lowest BCUT2D eigenvalue weighted by atomic mass is 10.1. The van der Waals surface area contributed by atoms with E-state index in [1.807, 2.05) is 6.07 Å². The molecule has 0 spiro atoms. The number of amides is 1. The van der Waals surface area contributed by atoms with Gasteiger partial charge in [-0.1, -0.05) is 11.6 Å². The van der Waals surface area contributed by atoms with E-state index in [0.29, 0.717) is 22.0 Å². The fraction of sp³-hybridized carbons (Fsp3) is 0.0714. The first kappa shape index (κ1) is 13.6. The monoisotopic (exact) mass is 402 g/mol. The molecule has 1 unspecified atom stereocenters. The molecule has 20 heavy (non-hydrogen) atoms. The lowest BCUT2D eigenvalue weighted by Crippen LogP contribution is -2.19. The molecule has 2 aromatic rings. The second kappa shape index (κ2) is 5.21. The summed E-state index contributed by atoms with van der Waals surface area (Å²) in [7, 11) is 0. The summed E-state index contributed by atoms with van der Waals surface area (Å²) in [6.45, 7) is 0. The molecule has 2 aromatic carbocycles. The number of benzene rings is 2. The van der Waals surface area contributed by atoms with E-state index in [-0.39, 0.29) is 11.7 Å². The van der Waals surface area contributed by atoms with E-state index in [0.717, 1.165) is 3.57 Å². The van der Waals surface area contributed by atoms with Crippen molar-refractivity contribution in [1.29, 1.82) is 0 Å². The lowest BCUT2D eigenvalue weighted by Gasteiger charge is -2.14. The molecular formula is C14H9ClFIN2O. The Hall–Kier alpha value is -1.34. The van der Waals surface area contributed by atoms with E-state index in [1.54, 1.807) is 18.2 Å². The van der Waals surface area contributed by atoms with E-state index in [1.165, 1.54) is 12.1 Å². The van der Waals surface area contributed by atoms with Crippen LogP contribution in [0.25, 0.3) is 0 Å². The van der Waals surface area contributed by atoms with Crippen molar-refractivity contribution < 1.29 is 9.18 Å². The third kappa shape index (κ3) is 2.47. The SMILES string of the molecule is O=C1Nc2ccc(F)cc2C1Nc1ccc(I)cc1Cl. The van der Waals surface area contributed by atoms with Crippen molar-refractivity contribution in [2.45, 2.75) is 6.04 Å². The van der Waals surface area contributed by atoms with Crippen LogP contribution in [0.3, 0.4) is 0 Å². The quantitative estimate of drug-likeness (QED) is 0.740. The van der Waals surface area contributed by atoms with Crippen LogP contribution in [-0.4, -0.2) is 5.91 Å². The van der Waals surface area contributed by atoms with Crippen molar-refractivity contribution in [1.82, 2.24) is 0 Å². The van der Waals surface area contributed by atoms with Gasteiger partial charge in [0, 0.05) is 14.8 Å². The van der Waals surface area contributed by atoms with Crippen molar-refractivity contribution in [3.05, 3.63) is 56.4 Å². The van der Waals surface area contributed by atoms with Crippen LogP contribution in [0.5, 0.6) is 0 Å². The van der Waals surface area contributed by atoms with Gasteiger partial charge in [-0.05, 0) is 59.0 Å². The summed E-state index contributed by atoms with van der Waals surface area (Å²) >= 11 is 8.30. The fourth-order valence-corrected chi connectivity index (χ4v) is 3.05. The van der Waals surface area contributed by atoms with E-state index in [2.05, 4.69) is 33.2 Å². The Kier molecular flexibility index (Phi) is 3.55. The van der Waals surface area contributed by atoms with Gasteiger partial charge in [-0.15, -0.1) is 0 Å². The Bertz CT molecular complexity index is 708. The van der Waals surface area contributed by atoms with E-state index in [4.69, 9.17) is 11.6 Å². The van der Waals surface area contributed by atoms with Crippen LogP contribution >= 0.6 is 34.2 Å². The topological polar surface area (TPSA) is 41.1 Å². The average molecular weight is 403 g/mol. The third-order valence-corrected chi connectivity index (χ3v) is 4.06. The van der Waals surface area contributed by atoms with E-state index in [9.17, 15) is 9.18 Å². The summed E-state index contributed by atoms with van der Waals surface area (Å²) in [5.74, 6) is -0.596. The molecule has 1 aliphatic rings. The molecule has 0 saturated carbocycles. The van der Waals surface area contributed by atoms with E-state index >= 15 is 0 Å². The smallest absolute Gasteiger partial charge is 0.251 e. The zero-order valence-corrected chi connectivity index (χ0v) is 13.0. The summed E-state index contributed by atoms with van der Waals surface area (Å²) in [5.41, 5.74) is 1.85. The van der Waals surface area contributed by atoms with Crippen molar-refractivity contribution >= 4 is 51.5 Å². The lowest BCUT2D eigenvalue weighted by molar-refractivity contribution is -0.116. The molecule has 1 aliphatic heterocycles. The molecule has 1 heterocycles. The van der Waals surface area contributed by atoms with Crippen molar-refractivity contribution in [2.75, 3.05) is 10.6 Å². The molecule has 0 bridgehead atoms. The van der Waals surface area contributed by atoms with Gasteiger partial charge in [0.1, 0.15) is 11.9 Å². The highest BCUT2D eigenvalue weighted by atomic mass is 127. The van der Waals surface area contributed by atoms with Gasteiger partial charge in [0.25, 0.3) is 5.91 Å². The molecule has 3 nitrogen and oxygen atoms in total. The van der Waals surface area contributed by atoms with Gasteiger partial charge < -0.3 is 10.6 Å². The van der Waals surface area contributed by atoms with Gasteiger partial charge in [0.2, 0.25) is 0 Å². The number of hydrogen-bond donors (Lipinski definition) is 2. The maximum Gasteiger partial charge on any atom is 0.251 e. The first-order chi connectivity index (χ1) is 9.54. The number of carbonyl (C=O) groups excluding carboxylic acids is 1. The van der Waals surface area contributed by atoms with Crippen LogP contribution in [0.2, 0.25) is 5.02 Å². The van der Waals surface area contributed by atoms with Crippen LogP contribution in [0.15, 0.2) is 36.4 Å². The number of anilines is 2. The maximum absolute atomic E-state index is 13.3. The number of rotatable bonds is 2. The van der Waals surface area contributed by atoms with Crippen LogP contribution in [0, 0.1) is 9.39 Å². The zero-order chi connectivity index (χ0) is 14.3. The highest BCUT2D eigenvalue weighted by molar-refractivity contribution is 14.1. The van der Waals surface area contributed by atoms with Crippen LogP contribution in [0.1, 0.15) is 11.6 Å². The molecule has 0 radical (unpaired) electrons. The van der Waals surface area contributed by atoms with Crippen molar-refractivity contribution in [2.24, 2.45) is 0 Å². The molecule has 0 saturated heterocycles. The van der Waals surface area contributed by atoms with Crippen LogP contribution in [-0.2, 0) is 4.79 Å². The minimum atomic E-state index is -0.640. The standard InChI is InChI=1S/C14H9ClFIN2O/c15-10-6-8(17)2-4-12(10)18-13-9-5-7(16)1-3-11(9)19-14(13)20/h1-6,13,18H,(H,19,20). The van der Waals surface area contributed by atoms with Crippen LogP contribution in [0.4, 0.5) is 15.8 Å². The summed E-state index contributed by atoms with van der Waals surface area (Å²) < 4.78 is 14.3. The Labute approximate surface area is 133 Å². The predicted molar refractivity (Wildman–Crippen MR) is 85.6 cm³/mol. The molecule has 0 aliphatic carbocycles. The fourth-order valence-electron chi connectivity index (χ4n) is 2.14. The first-order valence-corrected chi connectivity index (χ1v) is 7.32. The van der Waals surface area contributed by atoms with Gasteiger partial charge in [0.05, 0.1) is 10.7 Å². The molecule has 1 atom stereocenters. The number of fused-ring (bicyclic) bond motifs is 1. The van der Waals surface area contributed by atoms with Gasteiger partial charge in [-0.2, -0.15) is 0 Å².